The molecule has 2 N–H and O–H groups in total. The van der Waals surface area contributed by atoms with Crippen molar-refractivity contribution in [2.75, 3.05) is 6.61 Å². The van der Waals surface area contributed by atoms with Crippen molar-refractivity contribution in [3.63, 3.8) is 0 Å². The van der Waals surface area contributed by atoms with Gasteiger partial charge in [-0.25, -0.2) is 4.79 Å². The van der Waals surface area contributed by atoms with Gasteiger partial charge < -0.3 is 15.2 Å². The number of carboxylic acid groups (broad SMARTS) is 1. The number of amides is 1. The highest BCUT2D eigenvalue weighted by molar-refractivity contribution is 5.84. The Labute approximate surface area is 117 Å². The average molecular weight is 277 g/mol. The van der Waals surface area contributed by atoms with Crippen molar-refractivity contribution in [2.24, 2.45) is 0 Å². The number of carboxylic acids is 1. The third kappa shape index (κ3) is 4.06. The van der Waals surface area contributed by atoms with Gasteiger partial charge in [0.1, 0.15) is 0 Å². The van der Waals surface area contributed by atoms with E-state index in [0.29, 0.717) is 12.2 Å². The Morgan fingerprint density at radius 3 is 2.65 bits per heavy atom. The maximum absolute atomic E-state index is 11.9. The van der Waals surface area contributed by atoms with Crippen molar-refractivity contribution >= 4 is 11.9 Å². The van der Waals surface area contributed by atoms with Crippen LogP contribution in [0, 0.1) is 0 Å². The number of rotatable bonds is 5. The lowest BCUT2D eigenvalue weighted by Gasteiger charge is -2.23. The summed E-state index contributed by atoms with van der Waals surface area (Å²) in [6, 6.07) is 7.68. The first-order valence-corrected chi connectivity index (χ1v) is 6.85. The first kappa shape index (κ1) is 14.5. The Kier molecular flexibility index (Phi) is 5.12. The van der Waals surface area contributed by atoms with Crippen LogP contribution in [0.25, 0.3) is 0 Å². The number of hydrogen-bond acceptors (Lipinski definition) is 3. The Morgan fingerprint density at radius 1 is 1.30 bits per heavy atom. The number of carbonyl (C=O) groups is 2. The standard InChI is InChI=1S/C15H19NO4/c17-13(10-12-8-4-5-9-20-12)16-14(15(18)19)11-6-2-1-3-7-11/h1-3,6-7,12,14H,4-5,8-10H2,(H,16,17)(H,18,19). The number of ether oxygens (including phenoxy) is 1. The molecule has 1 aliphatic heterocycles. The molecule has 1 heterocycles. The van der Waals surface area contributed by atoms with Crippen molar-refractivity contribution in [2.45, 2.75) is 37.8 Å². The van der Waals surface area contributed by atoms with Gasteiger partial charge in [-0.2, -0.15) is 0 Å². The van der Waals surface area contributed by atoms with Gasteiger partial charge in [0.2, 0.25) is 5.91 Å². The summed E-state index contributed by atoms with van der Waals surface area (Å²) in [6.07, 6.45) is 3.07. The Balaban J connectivity index is 1.94. The fourth-order valence-electron chi connectivity index (χ4n) is 2.33. The summed E-state index contributed by atoms with van der Waals surface area (Å²) in [5, 5.41) is 11.8. The van der Waals surface area contributed by atoms with Gasteiger partial charge in [-0.1, -0.05) is 30.3 Å². The lowest BCUT2D eigenvalue weighted by atomic mass is 10.0. The molecule has 1 amide bonds. The highest BCUT2D eigenvalue weighted by Crippen LogP contribution is 2.17. The molecule has 2 atom stereocenters. The monoisotopic (exact) mass is 277 g/mol. The first-order chi connectivity index (χ1) is 9.66. The van der Waals surface area contributed by atoms with Crippen molar-refractivity contribution in [3.05, 3.63) is 35.9 Å². The normalized spacial score (nSPS) is 20.1. The van der Waals surface area contributed by atoms with Crippen LogP contribution in [0.5, 0.6) is 0 Å². The zero-order valence-electron chi connectivity index (χ0n) is 11.2. The topological polar surface area (TPSA) is 75.6 Å². The van der Waals surface area contributed by atoms with E-state index in [1.165, 1.54) is 0 Å². The molecule has 1 aliphatic rings. The summed E-state index contributed by atoms with van der Waals surface area (Å²) in [7, 11) is 0. The molecular weight excluding hydrogens is 258 g/mol. The van der Waals surface area contributed by atoms with Gasteiger partial charge in [0.05, 0.1) is 12.5 Å². The zero-order chi connectivity index (χ0) is 14.4. The molecule has 0 bridgehead atoms. The Hall–Kier alpha value is -1.88. The van der Waals surface area contributed by atoms with Crippen molar-refractivity contribution in [1.82, 2.24) is 5.32 Å². The molecule has 0 radical (unpaired) electrons. The third-order valence-corrected chi connectivity index (χ3v) is 3.37. The lowest BCUT2D eigenvalue weighted by molar-refractivity contribution is -0.142. The number of nitrogens with one attached hydrogen (secondary N) is 1. The summed E-state index contributed by atoms with van der Waals surface area (Å²) < 4.78 is 5.49. The average Bonchev–Trinajstić information content (AvgIpc) is 2.46. The predicted molar refractivity (Wildman–Crippen MR) is 73.2 cm³/mol. The van der Waals surface area contributed by atoms with Gasteiger partial charge in [0, 0.05) is 6.61 Å². The molecule has 1 saturated heterocycles. The minimum absolute atomic E-state index is 0.0889. The molecule has 1 fully saturated rings. The molecule has 1 aromatic carbocycles. The van der Waals surface area contributed by atoms with Crippen LogP contribution in [0.15, 0.2) is 30.3 Å². The van der Waals surface area contributed by atoms with Crippen LogP contribution in [0.3, 0.4) is 0 Å². The van der Waals surface area contributed by atoms with E-state index in [1.807, 2.05) is 0 Å². The van der Waals surface area contributed by atoms with E-state index in [-0.39, 0.29) is 18.4 Å². The Morgan fingerprint density at radius 2 is 2.05 bits per heavy atom. The molecule has 5 heteroatoms. The van der Waals surface area contributed by atoms with Gasteiger partial charge in [-0.15, -0.1) is 0 Å². The lowest BCUT2D eigenvalue weighted by Crippen LogP contribution is -2.36. The second-order valence-electron chi connectivity index (χ2n) is 4.94. The minimum atomic E-state index is -1.06. The summed E-state index contributed by atoms with van der Waals surface area (Å²) in [5.41, 5.74) is 0.568. The number of hydrogen-bond donors (Lipinski definition) is 2. The summed E-state index contributed by atoms with van der Waals surface area (Å²) in [4.78, 5) is 23.2. The van der Waals surface area contributed by atoms with Crippen LogP contribution in [0.2, 0.25) is 0 Å². The van der Waals surface area contributed by atoms with Crippen LogP contribution < -0.4 is 5.32 Å². The molecule has 20 heavy (non-hydrogen) atoms. The van der Waals surface area contributed by atoms with E-state index in [2.05, 4.69) is 5.32 Å². The smallest absolute Gasteiger partial charge is 0.330 e. The fraction of sp³-hybridized carbons (Fsp3) is 0.467. The van der Waals surface area contributed by atoms with Gasteiger partial charge in [0.25, 0.3) is 0 Å². The second kappa shape index (κ2) is 7.05. The van der Waals surface area contributed by atoms with E-state index in [1.54, 1.807) is 30.3 Å². The van der Waals surface area contributed by atoms with E-state index in [9.17, 15) is 14.7 Å². The molecule has 5 nitrogen and oxygen atoms in total. The molecule has 2 unspecified atom stereocenters. The number of carbonyl (C=O) groups excluding carboxylic acids is 1. The molecule has 1 aromatic rings. The maximum atomic E-state index is 11.9. The molecule has 0 aliphatic carbocycles. The van der Waals surface area contributed by atoms with Crippen LogP contribution >= 0.6 is 0 Å². The van der Waals surface area contributed by atoms with Gasteiger partial charge in [0.15, 0.2) is 6.04 Å². The molecule has 0 spiro atoms. The summed E-state index contributed by atoms with van der Waals surface area (Å²) in [5.74, 6) is -1.35. The van der Waals surface area contributed by atoms with Gasteiger partial charge >= 0.3 is 5.97 Å². The quantitative estimate of drug-likeness (QED) is 0.861. The van der Waals surface area contributed by atoms with E-state index < -0.39 is 12.0 Å². The highest BCUT2D eigenvalue weighted by Gasteiger charge is 2.24. The molecule has 0 saturated carbocycles. The van der Waals surface area contributed by atoms with Crippen LogP contribution in [0.4, 0.5) is 0 Å². The summed E-state index contributed by atoms with van der Waals surface area (Å²) in [6.45, 7) is 0.680. The fourth-order valence-corrected chi connectivity index (χ4v) is 2.33. The maximum Gasteiger partial charge on any atom is 0.330 e. The number of benzene rings is 1. The number of aliphatic carboxylic acids is 1. The molecule has 0 aromatic heterocycles. The SMILES string of the molecule is O=C(CC1CCCCO1)NC(C(=O)O)c1ccccc1. The van der Waals surface area contributed by atoms with Crippen molar-refractivity contribution in [1.29, 1.82) is 0 Å². The van der Waals surface area contributed by atoms with Crippen molar-refractivity contribution < 1.29 is 19.4 Å². The molecule has 108 valence electrons. The van der Waals surface area contributed by atoms with Gasteiger partial charge in [-0.3, -0.25) is 4.79 Å². The molecular formula is C15H19NO4. The summed E-state index contributed by atoms with van der Waals surface area (Å²) >= 11 is 0. The second-order valence-corrected chi connectivity index (χ2v) is 4.94. The minimum Gasteiger partial charge on any atom is -0.479 e. The van der Waals surface area contributed by atoms with Crippen molar-refractivity contribution in [3.8, 4) is 0 Å². The van der Waals surface area contributed by atoms with E-state index in [4.69, 9.17) is 4.74 Å². The zero-order valence-corrected chi connectivity index (χ0v) is 11.2. The first-order valence-electron chi connectivity index (χ1n) is 6.85. The van der Waals surface area contributed by atoms with Crippen LogP contribution in [-0.2, 0) is 14.3 Å². The van der Waals surface area contributed by atoms with Crippen LogP contribution in [-0.4, -0.2) is 29.7 Å². The third-order valence-electron chi connectivity index (χ3n) is 3.37. The van der Waals surface area contributed by atoms with E-state index >= 15 is 0 Å². The largest absolute Gasteiger partial charge is 0.479 e. The highest BCUT2D eigenvalue weighted by atomic mass is 16.5. The van der Waals surface area contributed by atoms with Gasteiger partial charge in [-0.05, 0) is 24.8 Å². The molecule has 2 rings (SSSR count). The van der Waals surface area contributed by atoms with Crippen LogP contribution in [0.1, 0.15) is 37.3 Å². The predicted octanol–water partition coefficient (Wildman–Crippen LogP) is 1.89. The Bertz CT molecular complexity index is 454. The van der Waals surface area contributed by atoms with E-state index in [0.717, 1.165) is 19.3 Å².